The number of benzene rings is 2. The number of phenols is 1. The minimum atomic E-state index is -0.665. The second kappa shape index (κ2) is 6.58. The molecule has 5 rings (SSSR count). The maximum Gasteiger partial charge on any atom is 0.115 e. The molecule has 2 bridgehead atoms. The Hall–Kier alpha value is -1.88. The molecule has 1 aliphatic heterocycles. The number of phenolic OH excluding ortho intramolecular Hbond substituents is 1. The van der Waals surface area contributed by atoms with Crippen molar-refractivity contribution in [1.82, 2.24) is 4.90 Å². The van der Waals surface area contributed by atoms with Gasteiger partial charge in [0.25, 0.3) is 0 Å². The smallest absolute Gasteiger partial charge is 0.115 e. The topological polar surface area (TPSA) is 52.9 Å². The van der Waals surface area contributed by atoms with Gasteiger partial charge in [-0.05, 0) is 41.7 Å². The summed E-state index contributed by atoms with van der Waals surface area (Å²) in [5, 5.41) is 21.3. The van der Waals surface area contributed by atoms with Crippen LogP contribution < -0.4 is 0 Å². The number of fused-ring (bicyclic) bond motifs is 3. The normalized spacial score (nSPS) is 31.1. The van der Waals surface area contributed by atoms with Gasteiger partial charge >= 0.3 is 0 Å². The fourth-order valence-electron chi connectivity index (χ4n) is 6.32. The number of hydrogen-bond donors (Lipinski definition) is 2. The predicted octanol–water partition coefficient (Wildman–Crippen LogP) is 3.11. The summed E-state index contributed by atoms with van der Waals surface area (Å²) in [5.41, 5.74) is 2.68. The van der Waals surface area contributed by atoms with Gasteiger partial charge in [0, 0.05) is 51.4 Å². The van der Waals surface area contributed by atoms with E-state index in [1.54, 1.807) is 6.07 Å². The first kappa shape index (κ1) is 18.2. The van der Waals surface area contributed by atoms with Gasteiger partial charge in [-0.25, -0.2) is 0 Å². The number of hydrogen-bond acceptors (Lipinski definition) is 4. The second-order valence-corrected chi connectivity index (χ2v) is 9.06. The third kappa shape index (κ3) is 2.78. The van der Waals surface area contributed by atoms with Gasteiger partial charge in [0.15, 0.2) is 0 Å². The van der Waals surface area contributed by atoms with E-state index in [-0.39, 0.29) is 5.60 Å². The van der Waals surface area contributed by atoms with Gasteiger partial charge in [0.05, 0.1) is 5.60 Å². The molecule has 1 saturated heterocycles. The number of aromatic hydroxyl groups is 1. The fourth-order valence-corrected chi connectivity index (χ4v) is 6.32. The van der Waals surface area contributed by atoms with Crippen molar-refractivity contribution >= 4 is 0 Å². The third-order valence-corrected chi connectivity index (χ3v) is 7.34. The first-order chi connectivity index (χ1) is 13.5. The number of aliphatic hydroxyl groups is 1. The highest BCUT2D eigenvalue weighted by atomic mass is 16.5. The number of piperidine rings is 1. The predicted molar refractivity (Wildman–Crippen MR) is 108 cm³/mol. The minimum absolute atomic E-state index is 0.300. The molecule has 0 radical (unpaired) electrons. The zero-order valence-corrected chi connectivity index (χ0v) is 16.5. The molecule has 3 aliphatic rings. The molecular formula is C24H29NO3. The van der Waals surface area contributed by atoms with Crippen molar-refractivity contribution in [3.8, 4) is 5.75 Å². The number of ether oxygens (including phenoxy) is 1. The molecule has 1 saturated carbocycles. The van der Waals surface area contributed by atoms with E-state index in [9.17, 15) is 10.2 Å². The molecule has 148 valence electrons. The standard InChI is InChI=1S/C24H29NO3/c1-28-24(19-7-4-8-22(26)11-19)20-9-10-21(24)15-25(14-20)16-23(27)12-17-5-2-3-6-18(17)13-23/h2-8,11,20-21,26-27H,9-10,12-16H2,1H3. The van der Waals surface area contributed by atoms with Gasteiger partial charge in [-0.2, -0.15) is 0 Å². The van der Waals surface area contributed by atoms with E-state index in [4.69, 9.17) is 4.74 Å². The molecule has 2 unspecified atom stereocenters. The zero-order chi connectivity index (χ0) is 19.4. The molecule has 2 aliphatic carbocycles. The van der Waals surface area contributed by atoms with Gasteiger partial charge in [-0.3, -0.25) is 4.90 Å². The molecule has 2 atom stereocenters. The van der Waals surface area contributed by atoms with Crippen molar-refractivity contribution in [2.24, 2.45) is 11.8 Å². The summed E-state index contributed by atoms with van der Waals surface area (Å²) in [4.78, 5) is 2.45. The van der Waals surface area contributed by atoms with E-state index >= 15 is 0 Å². The number of nitrogens with zero attached hydrogens (tertiary/aromatic N) is 1. The molecule has 28 heavy (non-hydrogen) atoms. The van der Waals surface area contributed by atoms with Crippen LogP contribution in [-0.4, -0.2) is 47.5 Å². The summed E-state index contributed by atoms with van der Waals surface area (Å²) in [6, 6.07) is 16.0. The maximum absolute atomic E-state index is 11.3. The summed E-state index contributed by atoms with van der Waals surface area (Å²) in [6.45, 7) is 2.58. The van der Waals surface area contributed by atoms with Gasteiger partial charge < -0.3 is 14.9 Å². The molecule has 2 N–H and O–H groups in total. The van der Waals surface area contributed by atoms with Crippen LogP contribution in [0.1, 0.15) is 29.5 Å². The van der Waals surface area contributed by atoms with Crippen LogP contribution in [0, 0.1) is 11.8 Å². The third-order valence-electron chi connectivity index (χ3n) is 7.34. The molecule has 0 amide bonds. The molecule has 2 fully saturated rings. The summed E-state index contributed by atoms with van der Waals surface area (Å²) in [6.07, 6.45) is 3.75. The lowest BCUT2D eigenvalue weighted by Crippen LogP contribution is -2.56. The SMILES string of the molecule is COC1(c2cccc(O)c2)C2CCC1CN(CC1(O)Cc3ccccc3C1)C2. The van der Waals surface area contributed by atoms with Crippen molar-refractivity contribution < 1.29 is 14.9 Å². The van der Waals surface area contributed by atoms with Gasteiger partial charge in [-0.1, -0.05) is 36.4 Å². The van der Waals surface area contributed by atoms with E-state index in [0.29, 0.717) is 24.1 Å². The van der Waals surface area contributed by atoms with E-state index in [2.05, 4.69) is 35.2 Å². The van der Waals surface area contributed by atoms with Crippen LogP contribution in [0.25, 0.3) is 0 Å². The Labute approximate surface area is 166 Å². The Bertz CT molecular complexity index is 841. The van der Waals surface area contributed by atoms with Crippen molar-refractivity contribution in [2.75, 3.05) is 26.7 Å². The van der Waals surface area contributed by atoms with Crippen LogP contribution in [0.15, 0.2) is 48.5 Å². The largest absolute Gasteiger partial charge is 0.508 e. The van der Waals surface area contributed by atoms with Crippen LogP contribution in [0.3, 0.4) is 0 Å². The molecule has 0 spiro atoms. The van der Waals surface area contributed by atoms with Gasteiger partial charge in [-0.15, -0.1) is 0 Å². The number of rotatable bonds is 4. The van der Waals surface area contributed by atoms with E-state index in [0.717, 1.165) is 44.3 Å². The lowest BCUT2D eigenvalue weighted by Gasteiger charge is -2.48. The average Bonchev–Trinajstić information content (AvgIpc) is 3.10. The molecule has 2 aromatic carbocycles. The minimum Gasteiger partial charge on any atom is -0.508 e. The van der Waals surface area contributed by atoms with Gasteiger partial charge in [0.1, 0.15) is 11.4 Å². The number of β-amino-alcohol motifs (C(OH)–C–C–N with tert-alkyl or cyclic N) is 1. The van der Waals surface area contributed by atoms with Crippen molar-refractivity contribution in [2.45, 2.75) is 36.9 Å². The molecule has 0 aromatic heterocycles. The number of likely N-dealkylation sites (tertiary alicyclic amines) is 1. The van der Waals surface area contributed by atoms with Gasteiger partial charge in [0.2, 0.25) is 0 Å². The number of methoxy groups -OCH3 is 1. The first-order valence-electron chi connectivity index (χ1n) is 10.4. The Morgan fingerprint density at radius 2 is 1.64 bits per heavy atom. The summed E-state index contributed by atoms with van der Waals surface area (Å²) < 4.78 is 6.20. The summed E-state index contributed by atoms with van der Waals surface area (Å²) in [7, 11) is 1.81. The highest BCUT2D eigenvalue weighted by Crippen LogP contribution is 2.54. The first-order valence-corrected chi connectivity index (χ1v) is 10.4. The fraction of sp³-hybridized carbons (Fsp3) is 0.500. The lowest BCUT2D eigenvalue weighted by atomic mass is 9.74. The average molecular weight is 380 g/mol. The summed E-state index contributed by atoms with van der Waals surface area (Å²) >= 11 is 0. The molecular weight excluding hydrogens is 350 g/mol. The summed E-state index contributed by atoms with van der Waals surface area (Å²) in [5.74, 6) is 1.06. The molecule has 1 heterocycles. The Morgan fingerprint density at radius 1 is 1.00 bits per heavy atom. The van der Waals surface area contributed by atoms with E-state index < -0.39 is 5.60 Å². The van der Waals surface area contributed by atoms with Crippen LogP contribution in [0.5, 0.6) is 5.75 Å². The highest BCUT2D eigenvalue weighted by Gasteiger charge is 2.56. The van der Waals surface area contributed by atoms with Crippen LogP contribution in [0.2, 0.25) is 0 Å². The van der Waals surface area contributed by atoms with E-state index in [1.807, 2.05) is 19.2 Å². The lowest BCUT2D eigenvalue weighted by molar-refractivity contribution is -0.128. The van der Waals surface area contributed by atoms with Crippen LogP contribution >= 0.6 is 0 Å². The zero-order valence-electron chi connectivity index (χ0n) is 16.5. The highest BCUT2D eigenvalue weighted by molar-refractivity contribution is 5.36. The quantitative estimate of drug-likeness (QED) is 0.857. The Balaban J connectivity index is 1.36. The molecule has 4 nitrogen and oxygen atoms in total. The Morgan fingerprint density at radius 3 is 2.21 bits per heavy atom. The Kier molecular flexibility index (Phi) is 4.27. The van der Waals surface area contributed by atoms with Crippen molar-refractivity contribution in [1.29, 1.82) is 0 Å². The monoisotopic (exact) mass is 379 g/mol. The van der Waals surface area contributed by atoms with Crippen LogP contribution in [0.4, 0.5) is 0 Å². The molecule has 2 aromatic rings. The molecule has 4 heteroatoms. The van der Waals surface area contributed by atoms with E-state index in [1.165, 1.54) is 11.1 Å². The van der Waals surface area contributed by atoms with Crippen LogP contribution in [-0.2, 0) is 23.2 Å². The second-order valence-electron chi connectivity index (χ2n) is 9.06. The van der Waals surface area contributed by atoms with Crippen molar-refractivity contribution in [3.63, 3.8) is 0 Å². The van der Waals surface area contributed by atoms with Crippen molar-refractivity contribution in [3.05, 3.63) is 65.2 Å². The maximum atomic E-state index is 11.3.